The van der Waals surface area contributed by atoms with Gasteiger partial charge in [-0.25, -0.2) is 9.59 Å². The summed E-state index contributed by atoms with van der Waals surface area (Å²) in [5, 5.41) is 12.0. The van der Waals surface area contributed by atoms with Gasteiger partial charge in [0.1, 0.15) is 0 Å². The van der Waals surface area contributed by atoms with Gasteiger partial charge in [-0.15, -0.1) is 0 Å². The lowest BCUT2D eigenvalue weighted by molar-refractivity contribution is -0.154. The molecule has 7 nitrogen and oxygen atoms in total. The fourth-order valence-electron chi connectivity index (χ4n) is 3.48. The van der Waals surface area contributed by atoms with E-state index >= 15 is 0 Å². The van der Waals surface area contributed by atoms with Crippen LogP contribution in [0.2, 0.25) is 0 Å². The molecule has 2 N–H and O–H groups in total. The number of ether oxygens (including phenoxy) is 1. The minimum Gasteiger partial charge on any atom is -0.479 e. The molecule has 0 aromatic carbocycles. The van der Waals surface area contributed by atoms with Crippen molar-refractivity contribution in [2.45, 2.75) is 37.5 Å². The third kappa shape index (κ3) is 2.60. The van der Waals surface area contributed by atoms with Crippen LogP contribution in [0.5, 0.6) is 0 Å². The Morgan fingerprint density at radius 2 is 2.05 bits per heavy atom. The van der Waals surface area contributed by atoms with Crippen LogP contribution >= 0.6 is 0 Å². The maximum Gasteiger partial charge on any atom is 0.334 e. The average molecular weight is 283 g/mol. The second-order valence-electron chi connectivity index (χ2n) is 5.73. The molecule has 0 radical (unpaired) electrons. The Labute approximate surface area is 117 Å². The molecule has 0 saturated carbocycles. The number of nitrogens with zero attached hydrogens (tertiary/aromatic N) is 2. The van der Waals surface area contributed by atoms with Crippen molar-refractivity contribution in [1.29, 1.82) is 0 Å². The number of rotatable bonds is 2. The van der Waals surface area contributed by atoms with Gasteiger partial charge >= 0.3 is 12.0 Å². The average Bonchev–Trinajstić information content (AvgIpc) is 3.04. The van der Waals surface area contributed by atoms with Gasteiger partial charge in [-0.05, 0) is 25.8 Å². The summed E-state index contributed by atoms with van der Waals surface area (Å²) in [4.78, 5) is 27.2. The van der Waals surface area contributed by atoms with Crippen LogP contribution in [-0.4, -0.2) is 77.9 Å². The van der Waals surface area contributed by atoms with Gasteiger partial charge in [0, 0.05) is 25.2 Å². The fraction of sp³-hybridized carbons (Fsp3) is 0.846. The number of carbonyl (C=O) groups excluding carboxylic acids is 1. The van der Waals surface area contributed by atoms with Crippen LogP contribution in [0.3, 0.4) is 0 Å². The highest BCUT2D eigenvalue weighted by atomic mass is 16.5. The Morgan fingerprint density at radius 3 is 2.85 bits per heavy atom. The first-order chi connectivity index (χ1) is 9.65. The molecule has 3 atom stereocenters. The molecule has 3 aliphatic heterocycles. The van der Waals surface area contributed by atoms with Gasteiger partial charge in [0.05, 0.1) is 13.2 Å². The first kappa shape index (κ1) is 13.6. The van der Waals surface area contributed by atoms with Crippen molar-refractivity contribution in [2.75, 3.05) is 32.8 Å². The van der Waals surface area contributed by atoms with Gasteiger partial charge in [0.15, 0.2) is 6.10 Å². The molecule has 3 rings (SSSR count). The summed E-state index contributed by atoms with van der Waals surface area (Å²) in [6.07, 6.45) is 2.44. The molecule has 112 valence electrons. The molecule has 0 spiro atoms. The van der Waals surface area contributed by atoms with Crippen molar-refractivity contribution in [3.63, 3.8) is 0 Å². The van der Waals surface area contributed by atoms with Crippen LogP contribution in [-0.2, 0) is 9.53 Å². The first-order valence-corrected chi connectivity index (χ1v) is 7.29. The minimum atomic E-state index is -1.01. The number of nitrogens with one attached hydrogen (secondary N) is 1. The largest absolute Gasteiger partial charge is 0.479 e. The zero-order chi connectivity index (χ0) is 14.1. The molecule has 3 aliphatic rings. The van der Waals surface area contributed by atoms with Crippen LogP contribution in [0.4, 0.5) is 4.79 Å². The molecule has 20 heavy (non-hydrogen) atoms. The molecule has 0 aromatic heterocycles. The summed E-state index contributed by atoms with van der Waals surface area (Å²) >= 11 is 0. The van der Waals surface area contributed by atoms with Crippen molar-refractivity contribution in [3.8, 4) is 0 Å². The predicted molar refractivity (Wildman–Crippen MR) is 70.5 cm³/mol. The number of carbonyl (C=O) groups is 2. The van der Waals surface area contributed by atoms with E-state index < -0.39 is 12.1 Å². The highest BCUT2D eigenvalue weighted by molar-refractivity contribution is 5.77. The standard InChI is InChI=1S/C13H21N3O4/c17-12(18)11-8-16(6-7-20-11)13(19)14-9-3-5-15-4-1-2-10(9)15/h9-11H,1-8H2,(H,14,19)(H,17,18). The summed E-state index contributed by atoms with van der Waals surface area (Å²) in [6, 6.07) is 0.518. The number of amides is 2. The Kier molecular flexibility index (Phi) is 3.80. The lowest BCUT2D eigenvalue weighted by atomic mass is 10.1. The highest BCUT2D eigenvalue weighted by Crippen LogP contribution is 2.28. The van der Waals surface area contributed by atoms with Crippen LogP contribution in [0.1, 0.15) is 19.3 Å². The number of aliphatic carboxylic acids is 1. The van der Waals surface area contributed by atoms with Crippen molar-refractivity contribution in [2.24, 2.45) is 0 Å². The normalized spacial score (nSPS) is 34.0. The van der Waals surface area contributed by atoms with E-state index in [1.54, 1.807) is 4.90 Å². The van der Waals surface area contributed by atoms with Crippen LogP contribution in [0.15, 0.2) is 0 Å². The van der Waals surface area contributed by atoms with E-state index in [4.69, 9.17) is 9.84 Å². The molecule has 3 unspecified atom stereocenters. The second kappa shape index (κ2) is 5.57. The fourth-order valence-corrected chi connectivity index (χ4v) is 3.48. The molecule has 3 saturated heterocycles. The third-order valence-electron chi connectivity index (χ3n) is 4.54. The van der Waals surface area contributed by atoms with E-state index in [0.29, 0.717) is 12.6 Å². The molecule has 0 aromatic rings. The van der Waals surface area contributed by atoms with Crippen molar-refractivity contribution < 1.29 is 19.4 Å². The Morgan fingerprint density at radius 1 is 1.20 bits per heavy atom. The number of hydrogen-bond acceptors (Lipinski definition) is 4. The second-order valence-corrected chi connectivity index (χ2v) is 5.73. The quantitative estimate of drug-likeness (QED) is 0.728. The van der Waals surface area contributed by atoms with Crippen LogP contribution in [0, 0.1) is 0 Å². The molecular weight excluding hydrogens is 262 g/mol. The van der Waals surface area contributed by atoms with Crippen molar-refractivity contribution in [1.82, 2.24) is 15.1 Å². The van der Waals surface area contributed by atoms with E-state index in [1.165, 1.54) is 6.42 Å². The van der Waals surface area contributed by atoms with Crippen molar-refractivity contribution >= 4 is 12.0 Å². The first-order valence-electron chi connectivity index (χ1n) is 7.29. The molecular formula is C13H21N3O4. The Hall–Kier alpha value is -1.34. The van der Waals surface area contributed by atoms with Crippen LogP contribution < -0.4 is 5.32 Å². The SMILES string of the molecule is O=C(O)C1CN(C(=O)NC2CCN3CCCC23)CCO1. The van der Waals surface area contributed by atoms with Gasteiger partial charge in [-0.2, -0.15) is 0 Å². The van der Waals surface area contributed by atoms with Gasteiger partial charge < -0.3 is 20.1 Å². The number of fused-ring (bicyclic) bond motifs is 1. The van der Waals surface area contributed by atoms with Crippen LogP contribution in [0.25, 0.3) is 0 Å². The lowest BCUT2D eigenvalue weighted by Crippen LogP contribution is -2.54. The van der Waals surface area contributed by atoms with Gasteiger partial charge in [0.25, 0.3) is 0 Å². The molecule has 0 bridgehead atoms. The smallest absolute Gasteiger partial charge is 0.334 e. The zero-order valence-corrected chi connectivity index (χ0v) is 11.5. The number of carboxylic acids is 1. The van der Waals surface area contributed by atoms with E-state index in [1.807, 2.05) is 0 Å². The zero-order valence-electron chi connectivity index (χ0n) is 11.5. The Bertz CT molecular complexity index is 403. The summed E-state index contributed by atoms with van der Waals surface area (Å²) in [5.74, 6) is -1.01. The number of morpholine rings is 1. The van der Waals surface area contributed by atoms with E-state index in [-0.39, 0.29) is 25.2 Å². The van der Waals surface area contributed by atoms with Crippen molar-refractivity contribution in [3.05, 3.63) is 0 Å². The summed E-state index contributed by atoms with van der Waals surface area (Å²) < 4.78 is 5.13. The lowest BCUT2D eigenvalue weighted by Gasteiger charge is -2.32. The van der Waals surface area contributed by atoms with Gasteiger partial charge in [0.2, 0.25) is 0 Å². The van der Waals surface area contributed by atoms with Gasteiger partial charge in [-0.3, -0.25) is 4.90 Å². The Balaban J connectivity index is 1.55. The summed E-state index contributed by atoms with van der Waals surface area (Å²) in [6.45, 7) is 3.05. The number of urea groups is 1. The maximum absolute atomic E-state index is 12.3. The highest BCUT2D eigenvalue weighted by Gasteiger charge is 2.39. The summed E-state index contributed by atoms with van der Waals surface area (Å²) in [7, 11) is 0. The monoisotopic (exact) mass is 283 g/mol. The third-order valence-corrected chi connectivity index (χ3v) is 4.54. The van der Waals surface area contributed by atoms with E-state index in [9.17, 15) is 9.59 Å². The minimum absolute atomic E-state index is 0.127. The predicted octanol–water partition coefficient (Wildman–Crippen LogP) is -0.282. The number of hydrogen-bond donors (Lipinski definition) is 2. The molecule has 3 heterocycles. The van der Waals surface area contributed by atoms with E-state index in [0.717, 1.165) is 25.9 Å². The molecule has 7 heteroatoms. The molecule has 0 aliphatic carbocycles. The topological polar surface area (TPSA) is 82.1 Å². The molecule has 3 fully saturated rings. The number of carboxylic acid groups (broad SMARTS) is 1. The van der Waals surface area contributed by atoms with Gasteiger partial charge in [-0.1, -0.05) is 0 Å². The van der Waals surface area contributed by atoms with E-state index in [2.05, 4.69) is 10.2 Å². The maximum atomic E-state index is 12.3. The molecule has 2 amide bonds. The summed E-state index contributed by atoms with van der Waals surface area (Å²) in [5.41, 5.74) is 0.